The Morgan fingerprint density at radius 2 is 1.95 bits per heavy atom. The van der Waals surface area contributed by atoms with Crippen LogP contribution < -0.4 is 15.8 Å². The Morgan fingerprint density at radius 3 is 2.52 bits per heavy atom. The summed E-state index contributed by atoms with van der Waals surface area (Å²) in [6, 6.07) is 4.94. The standard InChI is InChI=1S/C15H20N2O4/c1-21-11-6-7-13(16)12(8-11)14(18)17-10-4-2-9(3-5-10)15(19)20/h6-10H,2-5,16H2,1H3,(H,17,18)(H,19,20). The molecule has 6 nitrogen and oxygen atoms in total. The van der Waals surface area contributed by atoms with Gasteiger partial charge < -0.3 is 20.9 Å². The van der Waals surface area contributed by atoms with Crippen molar-refractivity contribution in [3.8, 4) is 5.75 Å². The number of aliphatic carboxylic acids is 1. The van der Waals surface area contributed by atoms with Crippen LogP contribution in [0.4, 0.5) is 5.69 Å². The second-order valence-electron chi connectivity index (χ2n) is 5.31. The van der Waals surface area contributed by atoms with Gasteiger partial charge in [0.25, 0.3) is 5.91 Å². The number of hydrogen-bond acceptors (Lipinski definition) is 4. The van der Waals surface area contributed by atoms with E-state index >= 15 is 0 Å². The van der Waals surface area contributed by atoms with Gasteiger partial charge in [0.2, 0.25) is 0 Å². The minimum Gasteiger partial charge on any atom is -0.497 e. The fourth-order valence-electron chi connectivity index (χ4n) is 2.61. The van der Waals surface area contributed by atoms with Crippen LogP contribution in [0, 0.1) is 5.92 Å². The third-order valence-electron chi connectivity index (χ3n) is 3.92. The second-order valence-corrected chi connectivity index (χ2v) is 5.31. The first-order chi connectivity index (χ1) is 10.0. The van der Waals surface area contributed by atoms with Crippen LogP contribution >= 0.6 is 0 Å². The average Bonchev–Trinajstić information content (AvgIpc) is 2.48. The predicted octanol–water partition coefficient (Wildman–Crippen LogP) is 1.65. The van der Waals surface area contributed by atoms with Gasteiger partial charge in [-0.15, -0.1) is 0 Å². The summed E-state index contributed by atoms with van der Waals surface area (Å²) < 4.78 is 5.09. The van der Waals surface area contributed by atoms with Gasteiger partial charge in [0, 0.05) is 11.7 Å². The molecule has 0 spiro atoms. The lowest BCUT2D eigenvalue weighted by molar-refractivity contribution is -0.142. The maximum absolute atomic E-state index is 12.3. The van der Waals surface area contributed by atoms with Crippen LogP contribution in [-0.2, 0) is 4.79 Å². The molecule has 0 aromatic heterocycles. The molecule has 1 aromatic carbocycles. The van der Waals surface area contributed by atoms with Crippen molar-refractivity contribution in [1.82, 2.24) is 5.32 Å². The van der Waals surface area contributed by atoms with Gasteiger partial charge in [0.15, 0.2) is 0 Å². The van der Waals surface area contributed by atoms with E-state index in [0.29, 0.717) is 42.7 Å². The number of rotatable bonds is 4. The molecule has 0 unspecified atom stereocenters. The molecular weight excluding hydrogens is 272 g/mol. The molecule has 1 amide bonds. The van der Waals surface area contributed by atoms with Crippen LogP contribution in [0.3, 0.4) is 0 Å². The number of methoxy groups -OCH3 is 1. The Labute approximate surface area is 123 Å². The van der Waals surface area contributed by atoms with Crippen molar-refractivity contribution in [1.29, 1.82) is 0 Å². The van der Waals surface area contributed by atoms with Gasteiger partial charge in [-0.1, -0.05) is 0 Å². The van der Waals surface area contributed by atoms with Crippen molar-refractivity contribution in [3.05, 3.63) is 23.8 Å². The van der Waals surface area contributed by atoms with Crippen molar-refractivity contribution in [2.45, 2.75) is 31.7 Å². The van der Waals surface area contributed by atoms with Crippen LogP contribution in [0.15, 0.2) is 18.2 Å². The fraction of sp³-hybridized carbons (Fsp3) is 0.467. The van der Waals surface area contributed by atoms with Crippen LogP contribution in [0.2, 0.25) is 0 Å². The van der Waals surface area contributed by atoms with Gasteiger partial charge in [0.05, 0.1) is 18.6 Å². The van der Waals surface area contributed by atoms with Gasteiger partial charge in [0.1, 0.15) is 5.75 Å². The fourth-order valence-corrected chi connectivity index (χ4v) is 2.61. The van der Waals surface area contributed by atoms with Crippen molar-refractivity contribution in [2.75, 3.05) is 12.8 Å². The smallest absolute Gasteiger partial charge is 0.306 e. The highest BCUT2D eigenvalue weighted by Gasteiger charge is 2.27. The van der Waals surface area contributed by atoms with Crippen molar-refractivity contribution in [3.63, 3.8) is 0 Å². The molecule has 2 rings (SSSR count). The van der Waals surface area contributed by atoms with Crippen molar-refractivity contribution >= 4 is 17.6 Å². The number of hydrogen-bond donors (Lipinski definition) is 3. The Hall–Kier alpha value is -2.24. The summed E-state index contributed by atoms with van der Waals surface area (Å²) in [7, 11) is 1.53. The lowest BCUT2D eigenvalue weighted by Crippen LogP contribution is -2.39. The summed E-state index contributed by atoms with van der Waals surface area (Å²) in [4.78, 5) is 23.2. The summed E-state index contributed by atoms with van der Waals surface area (Å²) in [5.41, 5.74) is 6.60. The number of carbonyl (C=O) groups is 2. The lowest BCUT2D eigenvalue weighted by atomic mass is 9.86. The van der Waals surface area contributed by atoms with E-state index in [0.717, 1.165) is 0 Å². The number of carbonyl (C=O) groups excluding carboxylic acids is 1. The van der Waals surface area contributed by atoms with Gasteiger partial charge in [-0.25, -0.2) is 0 Å². The van der Waals surface area contributed by atoms with Crippen LogP contribution in [0.5, 0.6) is 5.75 Å². The zero-order valence-electron chi connectivity index (χ0n) is 12.0. The molecule has 0 saturated heterocycles. The van der Waals surface area contributed by atoms with E-state index in [1.807, 2.05) is 0 Å². The lowest BCUT2D eigenvalue weighted by Gasteiger charge is -2.27. The third-order valence-corrected chi connectivity index (χ3v) is 3.92. The molecule has 114 valence electrons. The molecule has 1 aromatic rings. The highest BCUT2D eigenvalue weighted by atomic mass is 16.5. The Kier molecular flexibility index (Phi) is 4.67. The van der Waals surface area contributed by atoms with Crippen LogP contribution in [0.25, 0.3) is 0 Å². The Balaban J connectivity index is 1.98. The number of nitrogens with two attached hydrogens (primary N) is 1. The topological polar surface area (TPSA) is 102 Å². The molecule has 1 aliphatic carbocycles. The molecule has 0 aliphatic heterocycles. The van der Waals surface area contributed by atoms with E-state index in [1.165, 1.54) is 7.11 Å². The Morgan fingerprint density at radius 1 is 1.29 bits per heavy atom. The first-order valence-corrected chi connectivity index (χ1v) is 6.98. The van der Waals surface area contributed by atoms with E-state index < -0.39 is 5.97 Å². The molecule has 1 aliphatic rings. The number of nitrogens with one attached hydrogen (secondary N) is 1. The van der Waals surface area contributed by atoms with Gasteiger partial charge in [-0.3, -0.25) is 9.59 Å². The second kappa shape index (κ2) is 6.47. The van der Waals surface area contributed by atoms with Crippen LogP contribution in [-0.4, -0.2) is 30.1 Å². The number of nitrogen functional groups attached to an aromatic ring is 1. The third kappa shape index (κ3) is 3.65. The van der Waals surface area contributed by atoms with E-state index in [1.54, 1.807) is 18.2 Å². The summed E-state index contributed by atoms with van der Waals surface area (Å²) >= 11 is 0. The SMILES string of the molecule is COc1ccc(N)c(C(=O)NC2CCC(C(=O)O)CC2)c1. The molecular formula is C15H20N2O4. The van der Waals surface area contributed by atoms with E-state index in [2.05, 4.69) is 5.32 Å². The minimum absolute atomic E-state index is 0.00120. The number of amides is 1. The van der Waals surface area contributed by atoms with Crippen LogP contribution in [0.1, 0.15) is 36.0 Å². The normalized spacial score (nSPS) is 21.6. The molecule has 6 heteroatoms. The summed E-state index contributed by atoms with van der Waals surface area (Å²) in [6.07, 6.45) is 2.53. The number of benzene rings is 1. The largest absolute Gasteiger partial charge is 0.497 e. The average molecular weight is 292 g/mol. The quantitative estimate of drug-likeness (QED) is 0.732. The predicted molar refractivity (Wildman–Crippen MR) is 78.3 cm³/mol. The number of carboxylic acid groups (broad SMARTS) is 1. The first-order valence-electron chi connectivity index (χ1n) is 6.98. The molecule has 4 N–H and O–H groups in total. The minimum atomic E-state index is -0.753. The summed E-state index contributed by atoms with van der Waals surface area (Å²) in [6.45, 7) is 0. The zero-order chi connectivity index (χ0) is 15.4. The number of carboxylic acids is 1. The maximum Gasteiger partial charge on any atom is 0.306 e. The molecule has 1 fully saturated rings. The first kappa shape index (κ1) is 15.2. The molecule has 0 heterocycles. The molecule has 0 radical (unpaired) electrons. The number of ether oxygens (including phenoxy) is 1. The molecule has 0 atom stereocenters. The molecule has 0 bridgehead atoms. The Bertz CT molecular complexity index is 536. The zero-order valence-corrected chi connectivity index (χ0v) is 12.0. The highest BCUT2D eigenvalue weighted by Crippen LogP contribution is 2.25. The molecule has 1 saturated carbocycles. The monoisotopic (exact) mass is 292 g/mol. The van der Waals surface area contributed by atoms with Crippen molar-refractivity contribution < 1.29 is 19.4 Å². The number of anilines is 1. The summed E-state index contributed by atoms with van der Waals surface area (Å²) in [5.74, 6) is -0.717. The van der Waals surface area contributed by atoms with Gasteiger partial charge >= 0.3 is 5.97 Å². The highest BCUT2D eigenvalue weighted by molar-refractivity contribution is 5.99. The maximum atomic E-state index is 12.3. The van der Waals surface area contributed by atoms with Gasteiger partial charge in [-0.2, -0.15) is 0 Å². The van der Waals surface area contributed by atoms with Crippen molar-refractivity contribution in [2.24, 2.45) is 5.92 Å². The summed E-state index contributed by atoms with van der Waals surface area (Å²) in [5, 5.41) is 11.9. The van der Waals surface area contributed by atoms with E-state index in [9.17, 15) is 9.59 Å². The van der Waals surface area contributed by atoms with E-state index in [-0.39, 0.29) is 17.9 Å². The van der Waals surface area contributed by atoms with E-state index in [4.69, 9.17) is 15.6 Å². The van der Waals surface area contributed by atoms with Gasteiger partial charge in [-0.05, 0) is 43.9 Å². The molecule has 21 heavy (non-hydrogen) atoms.